The summed E-state index contributed by atoms with van der Waals surface area (Å²) in [6, 6.07) is 1.18. The topological polar surface area (TPSA) is 59.1 Å². The Morgan fingerprint density at radius 2 is 0.897 bits per heavy atom. The van der Waals surface area contributed by atoms with E-state index in [-0.39, 0.29) is 0 Å². The molecule has 2 rings (SSSR count). The Bertz CT molecular complexity index is 500. The van der Waals surface area contributed by atoms with E-state index in [0.29, 0.717) is 12.1 Å². The second-order valence-electron chi connectivity index (χ2n) is 10.2. The van der Waals surface area contributed by atoms with Crippen molar-refractivity contribution in [2.24, 2.45) is 0 Å². The fourth-order valence-corrected chi connectivity index (χ4v) is 4.42. The van der Waals surface area contributed by atoms with Gasteiger partial charge in [-0.25, -0.2) is 0 Å². The minimum atomic E-state index is -0.750. The molecule has 2 saturated heterocycles. The Morgan fingerprint density at radius 3 is 1.10 bits per heavy atom. The van der Waals surface area contributed by atoms with Crippen molar-refractivity contribution in [1.82, 2.24) is 19.6 Å². The van der Waals surface area contributed by atoms with E-state index >= 15 is 0 Å². The standard InChI is InChI=1S/2C7H14N2.2C4H9O.Co/c2*1-7(2)9-5-4-8(3)6-9;2*1-4(2,3)5;/h2*7H,4-5H2,1-3H3;2*1-3H3;/q;;2*-1;+2. The van der Waals surface area contributed by atoms with Crippen LogP contribution in [0.1, 0.15) is 69.2 Å². The van der Waals surface area contributed by atoms with Gasteiger partial charge in [-0.1, -0.05) is 41.5 Å². The molecule has 0 radical (unpaired) electrons. The molecule has 0 amide bonds. The molecule has 7 heteroatoms. The molecule has 0 aliphatic carbocycles. The van der Waals surface area contributed by atoms with Gasteiger partial charge in [0, 0.05) is 0 Å². The van der Waals surface area contributed by atoms with Gasteiger partial charge in [-0.15, -0.1) is 11.2 Å². The maximum absolute atomic E-state index is 10.1. The Hall–Kier alpha value is 0.00649. The SMILES string of the molecule is CC(C)(C)[O-].CC(C)(C)[O-].CC(C)N1CCN(C)[C]1=[Co+2]=[C]1N(C)CCN1C(C)C. The zero-order valence-electron chi connectivity index (χ0n) is 20.9. The maximum atomic E-state index is 10.1. The number of hydrogen-bond donors (Lipinski definition) is 0. The summed E-state index contributed by atoms with van der Waals surface area (Å²) in [5.74, 6) is 0. The van der Waals surface area contributed by atoms with E-state index in [1.807, 2.05) is 0 Å². The van der Waals surface area contributed by atoms with Gasteiger partial charge in [0.15, 0.2) is 0 Å². The van der Waals surface area contributed by atoms with Crippen LogP contribution in [0.3, 0.4) is 0 Å². The number of nitrogens with zero attached hydrogens (tertiary/aromatic N) is 4. The summed E-state index contributed by atoms with van der Waals surface area (Å²) in [6.45, 7) is 23.6. The molecule has 0 N–H and O–H groups in total. The van der Waals surface area contributed by atoms with Crippen molar-refractivity contribution in [3.63, 3.8) is 0 Å². The first kappa shape index (κ1) is 29.0. The minimum absolute atomic E-state index is 0.589. The van der Waals surface area contributed by atoms with E-state index in [0.717, 1.165) is 26.2 Å². The third kappa shape index (κ3) is 13.1. The Balaban J connectivity index is 0.000000653. The van der Waals surface area contributed by atoms with Crippen molar-refractivity contribution in [1.29, 1.82) is 0 Å². The predicted octanol–water partition coefficient (Wildman–Crippen LogP) is 0.846. The molecule has 2 aliphatic rings. The van der Waals surface area contributed by atoms with Crippen molar-refractivity contribution in [2.45, 2.75) is 92.5 Å². The third-order valence-electron chi connectivity index (χ3n) is 3.79. The first-order valence-corrected chi connectivity index (χ1v) is 11.7. The van der Waals surface area contributed by atoms with Crippen LogP contribution in [-0.4, -0.2) is 92.6 Å². The molecule has 0 aromatic heterocycles. The molecular weight excluding hydrogens is 411 g/mol. The van der Waals surface area contributed by atoms with Crippen molar-refractivity contribution in [3.05, 3.63) is 0 Å². The van der Waals surface area contributed by atoms with Crippen molar-refractivity contribution in [3.8, 4) is 0 Å². The van der Waals surface area contributed by atoms with Gasteiger partial charge in [-0.2, -0.15) is 0 Å². The average Bonchev–Trinajstić information content (AvgIpc) is 3.00. The molecule has 2 fully saturated rings. The van der Waals surface area contributed by atoms with Gasteiger partial charge in [0.25, 0.3) is 0 Å². The number of likely N-dealkylation sites (N-methyl/N-ethyl adjacent to an activating group) is 2. The summed E-state index contributed by atoms with van der Waals surface area (Å²) < 4.78 is 2.92. The van der Waals surface area contributed by atoms with Crippen LogP contribution in [0.2, 0.25) is 0 Å². The molecule has 6 nitrogen and oxygen atoms in total. The van der Waals surface area contributed by atoms with Crippen LogP contribution < -0.4 is 10.2 Å². The van der Waals surface area contributed by atoms with Crippen LogP contribution in [0.5, 0.6) is 0 Å². The summed E-state index contributed by atoms with van der Waals surface area (Å²) in [5.41, 5.74) is -1.50. The van der Waals surface area contributed by atoms with E-state index in [4.69, 9.17) is 0 Å². The summed E-state index contributed by atoms with van der Waals surface area (Å²) in [6.07, 6.45) is 0. The molecule has 0 aromatic carbocycles. The molecule has 2 aliphatic heterocycles. The van der Waals surface area contributed by atoms with E-state index in [9.17, 15) is 10.2 Å². The summed E-state index contributed by atoms with van der Waals surface area (Å²) in [5, 5.41) is 20.2. The Kier molecular flexibility index (Phi) is 12.2. The van der Waals surface area contributed by atoms with Crippen LogP contribution in [0.4, 0.5) is 0 Å². The molecule has 0 aromatic rings. The van der Waals surface area contributed by atoms with Gasteiger partial charge in [-0.3, -0.25) is 0 Å². The normalized spacial score (nSPS) is 20.1. The van der Waals surface area contributed by atoms with Gasteiger partial charge < -0.3 is 10.2 Å². The fraction of sp³-hybridized carbons (Fsp3) is 0.909. The van der Waals surface area contributed by atoms with Crippen molar-refractivity contribution >= 4 is 9.40 Å². The second-order valence-corrected chi connectivity index (χ2v) is 11.4. The van der Waals surface area contributed by atoms with Gasteiger partial charge in [0.05, 0.1) is 0 Å². The van der Waals surface area contributed by atoms with Gasteiger partial charge >= 0.3 is 123 Å². The van der Waals surface area contributed by atoms with Crippen LogP contribution >= 0.6 is 0 Å². The van der Waals surface area contributed by atoms with E-state index in [1.165, 1.54) is 23.2 Å². The molecule has 0 bridgehead atoms. The molecule has 29 heavy (non-hydrogen) atoms. The number of rotatable bonds is 2. The van der Waals surface area contributed by atoms with E-state index in [2.05, 4.69) is 61.4 Å². The molecule has 175 valence electrons. The molecular formula is C22H46CoN4O2. The summed E-state index contributed by atoms with van der Waals surface area (Å²) in [4.78, 5) is 9.91. The Labute approximate surface area is 185 Å². The Morgan fingerprint density at radius 1 is 0.655 bits per heavy atom. The van der Waals surface area contributed by atoms with Crippen LogP contribution in [0.15, 0.2) is 0 Å². The molecule has 0 atom stereocenters. The van der Waals surface area contributed by atoms with Crippen LogP contribution in [0, 0.1) is 0 Å². The first-order chi connectivity index (χ1) is 12.9. The van der Waals surface area contributed by atoms with E-state index in [1.54, 1.807) is 41.5 Å². The summed E-state index contributed by atoms with van der Waals surface area (Å²) >= 11 is 1.40. The average molecular weight is 458 g/mol. The third-order valence-corrected chi connectivity index (χ3v) is 5.65. The van der Waals surface area contributed by atoms with Gasteiger partial charge in [-0.05, 0) is 0 Å². The molecule has 0 spiro atoms. The quantitative estimate of drug-likeness (QED) is 0.613. The zero-order valence-corrected chi connectivity index (χ0v) is 22.0. The second kappa shape index (κ2) is 12.1. The fourth-order valence-electron chi connectivity index (χ4n) is 2.51. The van der Waals surface area contributed by atoms with Crippen molar-refractivity contribution in [2.75, 3.05) is 40.3 Å². The van der Waals surface area contributed by atoms with Gasteiger partial charge in [0.1, 0.15) is 0 Å². The molecule has 0 unspecified atom stereocenters. The molecule has 2 heterocycles. The number of hydrogen-bond acceptors (Lipinski definition) is 6. The molecule has 0 saturated carbocycles. The van der Waals surface area contributed by atoms with E-state index < -0.39 is 11.2 Å². The van der Waals surface area contributed by atoms with Crippen LogP contribution in [0.25, 0.3) is 0 Å². The summed E-state index contributed by atoms with van der Waals surface area (Å²) in [7, 11) is 4.44. The monoisotopic (exact) mass is 457 g/mol. The van der Waals surface area contributed by atoms with Crippen molar-refractivity contribution < 1.29 is 24.0 Å². The zero-order chi connectivity index (χ0) is 23.2. The van der Waals surface area contributed by atoms with Crippen LogP contribution in [-0.2, 0) is 13.8 Å². The van der Waals surface area contributed by atoms with Gasteiger partial charge in [0.2, 0.25) is 0 Å². The first-order valence-electron chi connectivity index (χ1n) is 10.6. The predicted molar refractivity (Wildman–Crippen MR) is 118 cm³/mol.